The lowest BCUT2D eigenvalue weighted by Crippen LogP contribution is -2.17. The fourth-order valence-electron chi connectivity index (χ4n) is 1.26. The molecule has 66 valence electrons. The third-order valence-electron chi connectivity index (χ3n) is 1.88. The Balaban J connectivity index is 4.13. The molecule has 3 nitrogen and oxygen atoms in total. The van der Waals surface area contributed by atoms with Gasteiger partial charge in [-0.1, -0.05) is 20.8 Å². The van der Waals surface area contributed by atoms with Gasteiger partial charge in [0.05, 0.1) is 0 Å². The maximum atomic E-state index is 5.70. The van der Waals surface area contributed by atoms with Crippen LogP contribution in [0, 0.1) is 11.8 Å². The van der Waals surface area contributed by atoms with Crippen molar-refractivity contribution in [2.75, 3.05) is 0 Å². The van der Waals surface area contributed by atoms with Crippen LogP contribution < -0.4 is 11.6 Å². The highest BCUT2D eigenvalue weighted by Gasteiger charge is 2.13. The number of hydrogen-bond donors (Lipinski definition) is 2. The summed E-state index contributed by atoms with van der Waals surface area (Å²) in [6.07, 6.45) is 2.43. The van der Waals surface area contributed by atoms with Gasteiger partial charge in [0, 0.05) is 11.6 Å². The molecule has 0 aromatic carbocycles. The zero-order chi connectivity index (χ0) is 8.85. The average molecular weight is 158 g/mol. The predicted octanol–water partition coefficient (Wildman–Crippen LogP) is 1.36. The van der Waals surface area contributed by atoms with Crippen LogP contribution in [0.2, 0.25) is 0 Å². The second-order valence-corrected chi connectivity index (χ2v) is 3.01. The zero-order valence-electron chi connectivity index (χ0n) is 7.50. The molecule has 0 aromatic heterocycles. The quantitative estimate of drug-likeness (QED) is 0.479. The molecule has 0 spiro atoms. The average Bonchev–Trinajstić information content (AvgIpc) is 1.88. The molecule has 0 saturated carbocycles. The minimum atomic E-state index is 0.374. The first kappa shape index (κ1) is 10.3. The summed E-state index contributed by atoms with van der Waals surface area (Å²) in [5.74, 6) is 5.77. The molecule has 0 aliphatic carbocycles. The van der Waals surface area contributed by atoms with E-state index in [2.05, 4.69) is 25.6 Å². The summed E-state index contributed by atoms with van der Waals surface area (Å²) in [4.78, 5) is 4.35. The third kappa shape index (κ3) is 3.28. The van der Waals surface area contributed by atoms with Crippen LogP contribution in [0.4, 0.5) is 0 Å². The number of hydrogen-bond acceptors (Lipinski definition) is 3. The summed E-state index contributed by atoms with van der Waals surface area (Å²) in [5, 5.41) is 0. The zero-order valence-corrected chi connectivity index (χ0v) is 7.50. The van der Waals surface area contributed by atoms with Crippen molar-refractivity contribution in [2.24, 2.45) is 23.5 Å². The van der Waals surface area contributed by atoms with Crippen molar-refractivity contribution in [2.45, 2.75) is 27.2 Å². The fraction of sp³-hybridized carbons (Fsp3) is 0.750. The second-order valence-electron chi connectivity index (χ2n) is 3.01. The predicted molar refractivity (Wildman–Crippen MR) is 46.2 cm³/mol. The largest absolute Gasteiger partial charge is 0.417 e. The Labute approximate surface area is 68.4 Å². The first-order chi connectivity index (χ1) is 5.13. The Hall–Kier alpha value is -0.700. The topological polar surface area (TPSA) is 61.3 Å². The molecule has 0 heterocycles. The van der Waals surface area contributed by atoms with E-state index in [4.69, 9.17) is 11.6 Å². The lowest BCUT2D eigenvalue weighted by atomic mass is 9.91. The van der Waals surface area contributed by atoms with Gasteiger partial charge in [-0.3, -0.25) is 0 Å². The number of rotatable bonds is 4. The summed E-state index contributed by atoms with van der Waals surface area (Å²) in [5.41, 5.74) is 6.42. The maximum absolute atomic E-state index is 5.70. The summed E-state index contributed by atoms with van der Waals surface area (Å²) in [7, 11) is 0. The monoisotopic (exact) mass is 158 g/mol. The van der Waals surface area contributed by atoms with Gasteiger partial charge in [0.2, 0.25) is 0 Å². The van der Waals surface area contributed by atoms with Crippen LogP contribution in [0.1, 0.15) is 27.2 Å². The van der Waals surface area contributed by atoms with Gasteiger partial charge in [0.1, 0.15) is 6.26 Å². The maximum Gasteiger partial charge on any atom is 0.129 e. The van der Waals surface area contributed by atoms with Gasteiger partial charge < -0.3 is 10.6 Å². The lowest BCUT2D eigenvalue weighted by Gasteiger charge is -2.18. The molecule has 0 rings (SSSR count). The normalized spacial score (nSPS) is 15.2. The van der Waals surface area contributed by atoms with E-state index in [1.165, 1.54) is 6.26 Å². The summed E-state index contributed by atoms with van der Waals surface area (Å²) in [6.45, 7) is 6.36. The highest BCUT2D eigenvalue weighted by Crippen LogP contribution is 2.19. The Morgan fingerprint density at radius 2 is 2.09 bits per heavy atom. The SMILES string of the molecule is CCC(/C(N)=C\ON)C(C)C. The Bertz CT molecular complexity index is 132. The van der Waals surface area contributed by atoms with E-state index < -0.39 is 0 Å². The molecule has 1 unspecified atom stereocenters. The van der Waals surface area contributed by atoms with E-state index in [-0.39, 0.29) is 0 Å². The molecule has 0 amide bonds. The van der Waals surface area contributed by atoms with Crippen molar-refractivity contribution in [1.82, 2.24) is 0 Å². The van der Waals surface area contributed by atoms with Crippen LogP contribution in [0.15, 0.2) is 12.0 Å². The first-order valence-electron chi connectivity index (χ1n) is 3.94. The van der Waals surface area contributed by atoms with Gasteiger partial charge in [-0.05, 0) is 12.3 Å². The molecule has 0 radical (unpaired) electrons. The standard InChI is InChI=1S/C8H18N2O/c1-4-7(6(2)3)8(9)5-11-10/h5-7H,4,9-10H2,1-3H3/b8-5+. The smallest absolute Gasteiger partial charge is 0.129 e. The van der Waals surface area contributed by atoms with Gasteiger partial charge in [-0.2, -0.15) is 5.90 Å². The van der Waals surface area contributed by atoms with Crippen molar-refractivity contribution in [1.29, 1.82) is 0 Å². The Kier molecular flexibility index (Phi) is 4.70. The van der Waals surface area contributed by atoms with Gasteiger partial charge in [0.25, 0.3) is 0 Å². The molecule has 0 saturated heterocycles. The summed E-state index contributed by atoms with van der Waals surface area (Å²) < 4.78 is 0. The van der Waals surface area contributed by atoms with E-state index >= 15 is 0 Å². The fourth-order valence-corrected chi connectivity index (χ4v) is 1.26. The lowest BCUT2D eigenvalue weighted by molar-refractivity contribution is 0.250. The van der Waals surface area contributed by atoms with Crippen LogP contribution in [0.3, 0.4) is 0 Å². The van der Waals surface area contributed by atoms with E-state index in [1.54, 1.807) is 0 Å². The van der Waals surface area contributed by atoms with Crippen molar-refractivity contribution in [3.05, 3.63) is 12.0 Å². The first-order valence-corrected chi connectivity index (χ1v) is 3.94. The molecule has 0 aromatic rings. The van der Waals surface area contributed by atoms with E-state index in [0.717, 1.165) is 12.1 Å². The van der Waals surface area contributed by atoms with E-state index in [0.29, 0.717) is 11.8 Å². The van der Waals surface area contributed by atoms with Gasteiger partial charge in [-0.25, -0.2) is 0 Å². The van der Waals surface area contributed by atoms with Gasteiger partial charge in [0.15, 0.2) is 0 Å². The van der Waals surface area contributed by atoms with Crippen LogP contribution in [-0.2, 0) is 4.84 Å². The molecular formula is C8H18N2O. The molecule has 11 heavy (non-hydrogen) atoms. The van der Waals surface area contributed by atoms with Crippen LogP contribution in [0.5, 0.6) is 0 Å². The van der Waals surface area contributed by atoms with Crippen molar-refractivity contribution in [3.63, 3.8) is 0 Å². The highest BCUT2D eigenvalue weighted by atomic mass is 16.6. The van der Waals surface area contributed by atoms with E-state index in [1.807, 2.05) is 0 Å². The molecule has 4 N–H and O–H groups in total. The minimum absolute atomic E-state index is 0.374. The summed E-state index contributed by atoms with van der Waals surface area (Å²) in [6, 6.07) is 0. The molecule has 0 fully saturated rings. The van der Waals surface area contributed by atoms with Crippen molar-refractivity contribution >= 4 is 0 Å². The Morgan fingerprint density at radius 3 is 2.36 bits per heavy atom. The molecule has 0 aliphatic heterocycles. The van der Waals surface area contributed by atoms with Crippen molar-refractivity contribution < 1.29 is 4.84 Å². The van der Waals surface area contributed by atoms with Gasteiger partial charge >= 0.3 is 0 Å². The van der Waals surface area contributed by atoms with E-state index in [9.17, 15) is 0 Å². The van der Waals surface area contributed by atoms with Gasteiger partial charge in [-0.15, -0.1) is 0 Å². The van der Waals surface area contributed by atoms with Crippen LogP contribution >= 0.6 is 0 Å². The number of allylic oxidation sites excluding steroid dienone is 1. The molecular weight excluding hydrogens is 140 g/mol. The minimum Gasteiger partial charge on any atom is -0.417 e. The molecule has 0 aliphatic rings. The van der Waals surface area contributed by atoms with Crippen molar-refractivity contribution in [3.8, 4) is 0 Å². The van der Waals surface area contributed by atoms with Crippen LogP contribution in [-0.4, -0.2) is 0 Å². The highest BCUT2D eigenvalue weighted by molar-refractivity contribution is 4.98. The Morgan fingerprint density at radius 1 is 1.55 bits per heavy atom. The molecule has 1 atom stereocenters. The second kappa shape index (κ2) is 5.02. The third-order valence-corrected chi connectivity index (χ3v) is 1.88. The summed E-state index contributed by atoms with van der Waals surface area (Å²) >= 11 is 0. The molecule has 3 heteroatoms. The number of nitrogens with two attached hydrogens (primary N) is 2. The van der Waals surface area contributed by atoms with Crippen LogP contribution in [0.25, 0.3) is 0 Å². The molecule has 0 bridgehead atoms.